The van der Waals surface area contributed by atoms with Gasteiger partial charge in [0.2, 0.25) is 0 Å². The zero-order valence-corrected chi connectivity index (χ0v) is 6.06. The minimum Gasteiger partial charge on any atom is -0.422 e. The van der Waals surface area contributed by atoms with Gasteiger partial charge >= 0.3 is 6.09 Å². The van der Waals surface area contributed by atoms with Crippen molar-refractivity contribution < 1.29 is 19.7 Å². The number of hydrogen-bond acceptors (Lipinski definition) is 4. The number of nitrogens with zero attached hydrogens (tertiary/aromatic N) is 1. The maximum atomic E-state index is 10.7. The first-order valence-electron chi connectivity index (χ1n) is 3.00. The molecule has 0 atom stereocenters. The van der Waals surface area contributed by atoms with Gasteiger partial charge in [0.1, 0.15) is 6.73 Å². The van der Waals surface area contributed by atoms with Gasteiger partial charge in [-0.1, -0.05) is 6.08 Å². The van der Waals surface area contributed by atoms with Crippen molar-refractivity contribution >= 4 is 6.09 Å². The second-order valence-corrected chi connectivity index (χ2v) is 1.69. The van der Waals surface area contributed by atoms with Gasteiger partial charge in [0.25, 0.3) is 0 Å². The van der Waals surface area contributed by atoms with Crippen molar-refractivity contribution in [3.8, 4) is 0 Å². The van der Waals surface area contributed by atoms with Crippen LogP contribution in [0.15, 0.2) is 12.7 Å². The van der Waals surface area contributed by atoms with Crippen molar-refractivity contribution in [3.63, 3.8) is 0 Å². The van der Waals surface area contributed by atoms with Crippen LogP contribution in [-0.2, 0) is 4.74 Å². The molecular weight excluding hydrogens is 150 g/mol. The number of amides is 1. The predicted octanol–water partition coefficient (Wildman–Crippen LogP) is -0.489. The number of aliphatic hydroxyl groups excluding tert-OH is 2. The molecule has 0 bridgehead atoms. The van der Waals surface area contributed by atoms with Gasteiger partial charge in [-0.25, -0.2) is 4.79 Å². The SMILES string of the molecule is C=CCN(CO)C(=O)OCO. The lowest BCUT2D eigenvalue weighted by atomic mass is 10.6. The lowest BCUT2D eigenvalue weighted by Crippen LogP contribution is -2.32. The summed E-state index contributed by atoms with van der Waals surface area (Å²) in [6.45, 7) is 2.42. The maximum Gasteiger partial charge on any atom is 0.414 e. The number of rotatable bonds is 4. The maximum absolute atomic E-state index is 10.7. The average molecular weight is 161 g/mol. The van der Waals surface area contributed by atoms with E-state index < -0.39 is 19.6 Å². The molecule has 2 N–H and O–H groups in total. The highest BCUT2D eigenvalue weighted by Gasteiger charge is 2.10. The Balaban J connectivity index is 3.80. The van der Waals surface area contributed by atoms with Crippen molar-refractivity contribution in [3.05, 3.63) is 12.7 Å². The van der Waals surface area contributed by atoms with Crippen molar-refractivity contribution in [1.29, 1.82) is 0 Å². The van der Waals surface area contributed by atoms with Crippen molar-refractivity contribution in [1.82, 2.24) is 4.90 Å². The van der Waals surface area contributed by atoms with Gasteiger partial charge in [-0.3, -0.25) is 4.90 Å². The standard InChI is InChI=1S/C6H11NO4/c1-2-3-7(4-8)6(10)11-5-9/h2,8-9H,1,3-5H2. The highest BCUT2D eigenvalue weighted by Crippen LogP contribution is 1.91. The molecule has 0 spiro atoms. The first kappa shape index (κ1) is 9.93. The quantitative estimate of drug-likeness (QED) is 0.431. The van der Waals surface area contributed by atoms with Gasteiger partial charge in [-0.15, -0.1) is 6.58 Å². The number of hydrogen-bond donors (Lipinski definition) is 2. The Morgan fingerprint density at radius 1 is 1.64 bits per heavy atom. The lowest BCUT2D eigenvalue weighted by molar-refractivity contribution is 0.00910. The molecule has 0 radical (unpaired) electrons. The smallest absolute Gasteiger partial charge is 0.414 e. The summed E-state index contributed by atoms with van der Waals surface area (Å²) in [5.41, 5.74) is 0. The molecule has 0 aliphatic rings. The van der Waals surface area contributed by atoms with Crippen molar-refractivity contribution in [2.45, 2.75) is 0 Å². The molecule has 0 aromatic rings. The predicted molar refractivity (Wildman–Crippen MR) is 37.6 cm³/mol. The van der Waals surface area contributed by atoms with E-state index in [0.29, 0.717) is 0 Å². The lowest BCUT2D eigenvalue weighted by Gasteiger charge is -2.15. The fraction of sp³-hybridized carbons (Fsp3) is 0.500. The highest BCUT2D eigenvalue weighted by atomic mass is 16.6. The largest absolute Gasteiger partial charge is 0.422 e. The van der Waals surface area contributed by atoms with Crippen LogP contribution >= 0.6 is 0 Å². The molecule has 11 heavy (non-hydrogen) atoms. The average Bonchev–Trinajstić information content (AvgIpc) is 2.00. The molecule has 0 aromatic carbocycles. The van der Waals surface area contributed by atoms with Gasteiger partial charge in [0.15, 0.2) is 6.79 Å². The Hall–Kier alpha value is -1.07. The summed E-state index contributed by atoms with van der Waals surface area (Å²) in [6.07, 6.45) is 0.671. The Morgan fingerprint density at radius 2 is 2.27 bits per heavy atom. The Bertz CT molecular complexity index is 137. The van der Waals surface area contributed by atoms with E-state index in [-0.39, 0.29) is 6.54 Å². The Kier molecular flexibility index (Phi) is 5.14. The van der Waals surface area contributed by atoms with E-state index in [1.54, 1.807) is 0 Å². The van der Waals surface area contributed by atoms with E-state index in [4.69, 9.17) is 10.2 Å². The third kappa shape index (κ3) is 3.59. The molecule has 0 aliphatic carbocycles. The molecule has 0 unspecified atom stereocenters. The summed E-state index contributed by atoms with van der Waals surface area (Å²) >= 11 is 0. The van der Waals surface area contributed by atoms with Crippen LogP contribution < -0.4 is 0 Å². The van der Waals surface area contributed by atoms with E-state index in [1.807, 2.05) is 0 Å². The van der Waals surface area contributed by atoms with E-state index in [9.17, 15) is 4.79 Å². The summed E-state index contributed by atoms with van der Waals surface area (Å²) in [7, 11) is 0. The van der Waals surface area contributed by atoms with Gasteiger partial charge < -0.3 is 14.9 Å². The Labute approximate surface area is 64.5 Å². The second kappa shape index (κ2) is 5.70. The van der Waals surface area contributed by atoms with E-state index in [0.717, 1.165) is 4.90 Å². The second-order valence-electron chi connectivity index (χ2n) is 1.69. The van der Waals surface area contributed by atoms with Crippen LogP contribution in [0, 0.1) is 0 Å². The van der Waals surface area contributed by atoms with Crippen LogP contribution in [-0.4, -0.2) is 41.3 Å². The van der Waals surface area contributed by atoms with Crippen LogP contribution in [0.5, 0.6) is 0 Å². The van der Waals surface area contributed by atoms with Crippen molar-refractivity contribution in [2.75, 3.05) is 20.1 Å². The molecule has 64 valence electrons. The van der Waals surface area contributed by atoms with E-state index in [2.05, 4.69) is 11.3 Å². The molecule has 0 saturated heterocycles. The summed E-state index contributed by atoms with van der Waals surface area (Å²) in [5, 5.41) is 16.7. The molecule has 1 amide bonds. The normalized spacial score (nSPS) is 8.91. The summed E-state index contributed by atoms with van der Waals surface area (Å²) in [4.78, 5) is 11.7. The van der Waals surface area contributed by atoms with Gasteiger partial charge in [0.05, 0.1) is 0 Å². The molecule has 0 fully saturated rings. The molecule has 0 aliphatic heterocycles. The fourth-order valence-corrected chi connectivity index (χ4v) is 0.492. The van der Waals surface area contributed by atoms with Gasteiger partial charge in [-0.2, -0.15) is 0 Å². The molecule has 0 aromatic heterocycles. The summed E-state index contributed by atoms with van der Waals surface area (Å²) in [6, 6.07) is 0. The topological polar surface area (TPSA) is 70.0 Å². The van der Waals surface area contributed by atoms with Crippen LogP contribution in [0.1, 0.15) is 0 Å². The highest BCUT2D eigenvalue weighted by molar-refractivity contribution is 5.67. The minimum atomic E-state index is -0.769. The molecule has 0 saturated carbocycles. The van der Waals surface area contributed by atoms with Crippen molar-refractivity contribution in [2.24, 2.45) is 0 Å². The van der Waals surface area contributed by atoms with Crippen LogP contribution in [0.2, 0.25) is 0 Å². The molecular formula is C6H11NO4. The molecule has 5 heteroatoms. The van der Waals surface area contributed by atoms with Crippen LogP contribution in [0.25, 0.3) is 0 Å². The monoisotopic (exact) mass is 161 g/mol. The van der Waals surface area contributed by atoms with Gasteiger partial charge in [-0.05, 0) is 0 Å². The molecule has 0 rings (SSSR count). The van der Waals surface area contributed by atoms with E-state index >= 15 is 0 Å². The number of ether oxygens (including phenoxy) is 1. The number of carbonyl (C=O) groups excluding carboxylic acids is 1. The third-order valence-corrected chi connectivity index (χ3v) is 0.966. The zero-order valence-electron chi connectivity index (χ0n) is 6.06. The molecule has 5 nitrogen and oxygen atoms in total. The minimum absolute atomic E-state index is 0.190. The third-order valence-electron chi connectivity index (χ3n) is 0.966. The first-order valence-corrected chi connectivity index (χ1v) is 3.00. The van der Waals surface area contributed by atoms with E-state index in [1.165, 1.54) is 6.08 Å². The fourth-order valence-electron chi connectivity index (χ4n) is 0.492. The van der Waals surface area contributed by atoms with Gasteiger partial charge in [0, 0.05) is 6.54 Å². The summed E-state index contributed by atoms with van der Waals surface area (Å²) < 4.78 is 4.18. The van der Waals surface area contributed by atoms with Crippen LogP contribution in [0.3, 0.4) is 0 Å². The Morgan fingerprint density at radius 3 is 2.64 bits per heavy atom. The first-order chi connectivity index (χ1) is 5.26. The molecule has 0 heterocycles. The summed E-state index contributed by atoms with van der Waals surface area (Å²) in [5.74, 6) is 0. The number of aliphatic hydroxyl groups is 2. The number of carbonyl (C=O) groups is 1. The van der Waals surface area contributed by atoms with Crippen LogP contribution in [0.4, 0.5) is 4.79 Å². The zero-order chi connectivity index (χ0) is 8.69.